The second-order valence-corrected chi connectivity index (χ2v) is 3.73. The highest BCUT2D eigenvalue weighted by atomic mass is 16.5. The summed E-state index contributed by atoms with van der Waals surface area (Å²) in [5, 5.41) is 0. The van der Waals surface area contributed by atoms with Crippen molar-refractivity contribution in [2.24, 2.45) is 17.8 Å². The first kappa shape index (κ1) is 8.06. The summed E-state index contributed by atoms with van der Waals surface area (Å²) < 4.78 is 5.57. The molecule has 1 aliphatic rings. The third-order valence-electron chi connectivity index (χ3n) is 3.09. The van der Waals surface area contributed by atoms with Crippen LogP contribution >= 0.6 is 0 Å². The molecule has 0 N–H and O–H groups in total. The third kappa shape index (κ3) is 1.34. The quantitative estimate of drug-likeness (QED) is 0.504. The monoisotopic (exact) mass is 142 g/mol. The minimum absolute atomic E-state index is 0.464. The lowest BCUT2D eigenvalue weighted by atomic mass is 9.80. The predicted molar refractivity (Wildman–Crippen MR) is 42.9 cm³/mol. The van der Waals surface area contributed by atoms with Gasteiger partial charge in [-0.3, -0.25) is 0 Å². The van der Waals surface area contributed by atoms with Crippen molar-refractivity contribution in [1.82, 2.24) is 0 Å². The van der Waals surface area contributed by atoms with E-state index in [9.17, 15) is 0 Å². The van der Waals surface area contributed by atoms with Gasteiger partial charge in [-0.15, -0.1) is 0 Å². The molecular formula is C9H18O. The zero-order chi connectivity index (χ0) is 7.72. The van der Waals surface area contributed by atoms with Crippen LogP contribution in [0.3, 0.4) is 0 Å². The summed E-state index contributed by atoms with van der Waals surface area (Å²) in [5.41, 5.74) is 0. The first-order chi connectivity index (χ1) is 4.63. The molecule has 0 bridgehead atoms. The molecule has 60 valence electrons. The summed E-state index contributed by atoms with van der Waals surface area (Å²) in [7, 11) is 0. The fraction of sp³-hybridized carbons (Fsp3) is 1.00. The summed E-state index contributed by atoms with van der Waals surface area (Å²) in [5.74, 6) is 2.29. The van der Waals surface area contributed by atoms with E-state index >= 15 is 0 Å². The van der Waals surface area contributed by atoms with Crippen LogP contribution in [-0.4, -0.2) is 12.7 Å². The molecule has 0 aromatic heterocycles. The minimum Gasteiger partial charge on any atom is -0.378 e. The van der Waals surface area contributed by atoms with Gasteiger partial charge in [-0.25, -0.2) is 0 Å². The fourth-order valence-corrected chi connectivity index (χ4v) is 1.55. The van der Waals surface area contributed by atoms with E-state index in [1.165, 1.54) is 0 Å². The van der Waals surface area contributed by atoms with Gasteiger partial charge < -0.3 is 4.74 Å². The van der Waals surface area contributed by atoms with Crippen LogP contribution in [0.15, 0.2) is 0 Å². The summed E-state index contributed by atoms with van der Waals surface area (Å²) in [6, 6.07) is 0. The van der Waals surface area contributed by atoms with Crippen molar-refractivity contribution in [3.63, 3.8) is 0 Å². The number of hydrogen-bond acceptors (Lipinski definition) is 1. The van der Waals surface area contributed by atoms with Crippen molar-refractivity contribution in [3.05, 3.63) is 0 Å². The topological polar surface area (TPSA) is 9.23 Å². The summed E-state index contributed by atoms with van der Waals surface area (Å²) >= 11 is 0. The molecule has 0 saturated carbocycles. The van der Waals surface area contributed by atoms with E-state index in [4.69, 9.17) is 4.74 Å². The first-order valence-corrected chi connectivity index (χ1v) is 4.24. The molecule has 1 saturated heterocycles. The number of hydrogen-bond donors (Lipinski definition) is 0. The van der Waals surface area contributed by atoms with Crippen molar-refractivity contribution < 1.29 is 4.74 Å². The Morgan fingerprint density at radius 2 is 1.60 bits per heavy atom. The molecule has 0 aromatic rings. The molecule has 0 radical (unpaired) electrons. The highest BCUT2D eigenvalue weighted by Gasteiger charge is 2.29. The van der Waals surface area contributed by atoms with Gasteiger partial charge in [0.1, 0.15) is 0 Å². The maximum Gasteiger partial charge on any atom is 0.0575 e. The average Bonchev–Trinajstić information content (AvgIpc) is 1.93. The Morgan fingerprint density at radius 3 is 2.10 bits per heavy atom. The van der Waals surface area contributed by atoms with Gasteiger partial charge in [-0.05, 0) is 24.7 Å². The Kier molecular flexibility index (Phi) is 2.35. The molecule has 4 atom stereocenters. The molecule has 1 rings (SSSR count). The molecular weight excluding hydrogens is 124 g/mol. The fourth-order valence-electron chi connectivity index (χ4n) is 1.55. The highest BCUT2D eigenvalue weighted by molar-refractivity contribution is 4.77. The highest BCUT2D eigenvalue weighted by Crippen LogP contribution is 2.29. The molecule has 0 spiro atoms. The van der Waals surface area contributed by atoms with Crippen LogP contribution in [0.4, 0.5) is 0 Å². The molecule has 10 heavy (non-hydrogen) atoms. The van der Waals surface area contributed by atoms with Gasteiger partial charge in [-0.1, -0.05) is 20.8 Å². The SMILES string of the molecule is CC1OC[C@@H](C)[C@H](C)C1C. The number of ether oxygens (including phenoxy) is 1. The zero-order valence-electron chi connectivity index (χ0n) is 7.42. The van der Waals surface area contributed by atoms with E-state index in [1.807, 2.05) is 0 Å². The summed E-state index contributed by atoms with van der Waals surface area (Å²) in [4.78, 5) is 0. The van der Waals surface area contributed by atoms with Crippen molar-refractivity contribution in [2.75, 3.05) is 6.61 Å². The lowest BCUT2D eigenvalue weighted by Crippen LogP contribution is -2.36. The maximum atomic E-state index is 5.57. The van der Waals surface area contributed by atoms with Crippen LogP contribution in [0.5, 0.6) is 0 Å². The summed E-state index contributed by atoms with van der Waals surface area (Å²) in [6.07, 6.45) is 0.464. The Bertz CT molecular complexity index is 97.3. The Labute approximate surface area is 63.8 Å². The summed E-state index contributed by atoms with van der Waals surface area (Å²) in [6.45, 7) is 10.0. The van der Waals surface area contributed by atoms with Gasteiger partial charge >= 0.3 is 0 Å². The molecule has 1 heterocycles. The molecule has 1 nitrogen and oxygen atoms in total. The average molecular weight is 142 g/mol. The molecule has 1 fully saturated rings. The largest absolute Gasteiger partial charge is 0.378 e. The molecule has 1 heteroatoms. The van der Waals surface area contributed by atoms with Gasteiger partial charge in [0.05, 0.1) is 6.10 Å². The lowest BCUT2D eigenvalue weighted by molar-refractivity contribution is -0.0661. The van der Waals surface area contributed by atoms with Crippen molar-refractivity contribution in [2.45, 2.75) is 33.8 Å². The van der Waals surface area contributed by atoms with Gasteiger partial charge in [-0.2, -0.15) is 0 Å². The van der Waals surface area contributed by atoms with Crippen LogP contribution in [-0.2, 0) is 4.74 Å². The predicted octanol–water partition coefficient (Wildman–Crippen LogP) is 2.31. The van der Waals surface area contributed by atoms with E-state index < -0.39 is 0 Å². The standard InChI is InChI=1S/C9H18O/c1-6-5-10-9(4)8(3)7(6)2/h6-9H,5H2,1-4H3/t6-,7+,8?,9?/m1/s1. The van der Waals surface area contributed by atoms with Crippen LogP contribution in [0.2, 0.25) is 0 Å². The van der Waals surface area contributed by atoms with Crippen LogP contribution < -0.4 is 0 Å². The number of rotatable bonds is 0. The first-order valence-electron chi connectivity index (χ1n) is 4.24. The Morgan fingerprint density at radius 1 is 1.00 bits per heavy atom. The van der Waals surface area contributed by atoms with Crippen molar-refractivity contribution >= 4 is 0 Å². The van der Waals surface area contributed by atoms with Crippen molar-refractivity contribution in [3.8, 4) is 0 Å². The van der Waals surface area contributed by atoms with Gasteiger partial charge in [0.2, 0.25) is 0 Å². The second kappa shape index (κ2) is 2.91. The smallest absolute Gasteiger partial charge is 0.0575 e. The minimum atomic E-state index is 0.464. The molecule has 0 amide bonds. The maximum absolute atomic E-state index is 5.57. The Hall–Kier alpha value is -0.0400. The van der Waals surface area contributed by atoms with Gasteiger partial charge in [0.25, 0.3) is 0 Å². The molecule has 0 aliphatic carbocycles. The van der Waals surface area contributed by atoms with Gasteiger partial charge in [0, 0.05) is 6.61 Å². The van der Waals surface area contributed by atoms with E-state index in [-0.39, 0.29) is 0 Å². The van der Waals surface area contributed by atoms with Crippen LogP contribution in [0.25, 0.3) is 0 Å². The Balaban J connectivity index is 2.52. The van der Waals surface area contributed by atoms with Crippen LogP contribution in [0.1, 0.15) is 27.7 Å². The zero-order valence-corrected chi connectivity index (χ0v) is 7.42. The van der Waals surface area contributed by atoms with E-state index in [0.717, 1.165) is 24.4 Å². The molecule has 0 aromatic carbocycles. The lowest BCUT2D eigenvalue weighted by Gasteiger charge is -2.36. The van der Waals surface area contributed by atoms with Gasteiger partial charge in [0.15, 0.2) is 0 Å². The third-order valence-corrected chi connectivity index (χ3v) is 3.09. The second-order valence-electron chi connectivity index (χ2n) is 3.73. The van der Waals surface area contributed by atoms with E-state index in [2.05, 4.69) is 27.7 Å². The molecule has 2 unspecified atom stereocenters. The molecule has 1 aliphatic heterocycles. The van der Waals surface area contributed by atoms with E-state index in [1.54, 1.807) is 0 Å². The van der Waals surface area contributed by atoms with E-state index in [0.29, 0.717) is 6.10 Å². The van der Waals surface area contributed by atoms with Crippen molar-refractivity contribution in [1.29, 1.82) is 0 Å². The normalized spacial score (nSPS) is 49.2. The van der Waals surface area contributed by atoms with Crippen LogP contribution in [0, 0.1) is 17.8 Å².